The normalized spacial score (nSPS) is 45.0. The molecular formula is C49H77NO16. The Kier molecular flexibility index (Phi) is 24.5. The van der Waals surface area contributed by atoms with Crippen LogP contribution in [-0.2, 0) is 28.5 Å². The Morgan fingerprint density at radius 3 is 1.82 bits per heavy atom. The van der Waals surface area contributed by atoms with Crippen LogP contribution >= 0.6 is 0 Å². The molecule has 0 spiro atoms. The second-order valence-corrected chi connectivity index (χ2v) is 18.1. The van der Waals surface area contributed by atoms with Crippen molar-refractivity contribution in [2.24, 2.45) is 17.8 Å². The van der Waals surface area contributed by atoms with E-state index in [1.54, 1.807) is 70.4 Å². The standard InChI is InChI=1S/C49H77NO16/c1-29-19-17-15-13-11-9-7-8-10-12-14-16-18-20-37(65-48-47(61)44(50-6)46(60)33(5)64-48)26-41-43(31(3)51)40(57)28-49(62,66-41)27-36(54)24-39(56)38(55)22-21-34(52)23-35(53)25-42(58)63-32(4)30(2)45(29)59/h7-20,29-30,32-41,43-48,50,52-57,59-62H,21-28H2,1-6H3/b8-7+,11-9+,12-10+,15-13+,16-14+,19-17+,20-18+/t29-,30?,32-,33+,34+,35+,36-,37-,38+,39+,40-,41?,43?,44-,45+,46+,47-,48?,49+/m0/s1. The molecule has 2 saturated heterocycles. The fraction of sp³-hybridized carbons (Fsp3) is 0.673. The Balaban J connectivity index is 1.87. The quantitative estimate of drug-likeness (QED) is 0.178. The van der Waals surface area contributed by atoms with Crippen molar-refractivity contribution in [3.8, 4) is 0 Å². The van der Waals surface area contributed by atoms with Gasteiger partial charge in [-0.05, 0) is 47.1 Å². The number of esters is 1. The van der Waals surface area contributed by atoms with Crippen molar-refractivity contribution < 1.29 is 79.6 Å². The number of ether oxygens (including phenoxy) is 4. The monoisotopic (exact) mass is 936 g/mol. The summed E-state index contributed by atoms with van der Waals surface area (Å²) in [6.45, 7) is 8.14. The smallest absolute Gasteiger partial charge is 0.308 e. The Bertz CT molecular complexity index is 1680. The molecule has 0 aromatic heterocycles. The molecule has 0 aromatic carbocycles. The van der Waals surface area contributed by atoms with Crippen LogP contribution in [-0.4, -0.2) is 167 Å². The highest BCUT2D eigenvalue weighted by atomic mass is 16.7. The number of hydrogen-bond donors (Lipinski definition) is 11. The molecule has 0 aliphatic carbocycles. The average molecular weight is 936 g/mol. The van der Waals surface area contributed by atoms with Gasteiger partial charge >= 0.3 is 5.97 Å². The number of cyclic esters (lactones) is 1. The first-order chi connectivity index (χ1) is 31.2. The summed E-state index contributed by atoms with van der Waals surface area (Å²) in [4.78, 5) is 25.6. The predicted octanol–water partition coefficient (Wildman–Crippen LogP) is 1.48. The first kappa shape index (κ1) is 57.1. The first-order valence-corrected chi connectivity index (χ1v) is 23.0. The van der Waals surface area contributed by atoms with E-state index in [1.165, 1.54) is 6.92 Å². The fourth-order valence-corrected chi connectivity index (χ4v) is 8.49. The molecule has 0 amide bonds. The molecule has 2 bridgehead atoms. The molecule has 3 heterocycles. The van der Waals surface area contributed by atoms with E-state index in [2.05, 4.69) is 5.32 Å². The van der Waals surface area contributed by atoms with Gasteiger partial charge in [0, 0.05) is 37.5 Å². The van der Waals surface area contributed by atoms with E-state index >= 15 is 0 Å². The number of carbonyl (C=O) groups is 2. The van der Waals surface area contributed by atoms with Crippen molar-refractivity contribution in [2.75, 3.05) is 7.05 Å². The van der Waals surface area contributed by atoms with Gasteiger partial charge in [0.2, 0.25) is 0 Å². The summed E-state index contributed by atoms with van der Waals surface area (Å²) in [5, 5.41) is 112. The third-order valence-corrected chi connectivity index (χ3v) is 12.5. The van der Waals surface area contributed by atoms with E-state index in [-0.39, 0.29) is 31.6 Å². The van der Waals surface area contributed by atoms with Gasteiger partial charge < -0.3 is 75.3 Å². The van der Waals surface area contributed by atoms with Crippen molar-refractivity contribution >= 4 is 11.8 Å². The number of aliphatic hydroxyl groups is 10. The number of Topliss-reactive ketones (excluding diaryl/α,β-unsaturated/α-hetero) is 1. The van der Waals surface area contributed by atoms with E-state index in [1.807, 2.05) is 49.5 Å². The van der Waals surface area contributed by atoms with E-state index in [9.17, 15) is 60.7 Å². The topological polar surface area (TPSA) is 285 Å². The average Bonchev–Trinajstić information content (AvgIpc) is 3.23. The van der Waals surface area contributed by atoms with Gasteiger partial charge in [-0.25, -0.2) is 0 Å². The molecule has 3 aliphatic heterocycles. The largest absolute Gasteiger partial charge is 0.462 e. The van der Waals surface area contributed by atoms with Crippen molar-refractivity contribution in [1.82, 2.24) is 5.32 Å². The Morgan fingerprint density at radius 2 is 1.24 bits per heavy atom. The van der Waals surface area contributed by atoms with Gasteiger partial charge in [0.15, 0.2) is 12.1 Å². The number of nitrogens with one attached hydrogen (secondary N) is 1. The summed E-state index contributed by atoms with van der Waals surface area (Å²) in [5.41, 5.74) is 0. The summed E-state index contributed by atoms with van der Waals surface area (Å²) in [7, 11) is 1.57. The lowest BCUT2D eigenvalue weighted by atomic mass is 9.81. The molecule has 17 nitrogen and oxygen atoms in total. The maximum Gasteiger partial charge on any atom is 0.308 e. The fourth-order valence-electron chi connectivity index (χ4n) is 8.49. The lowest BCUT2D eigenvalue weighted by Gasteiger charge is -2.46. The van der Waals surface area contributed by atoms with Crippen LogP contribution in [0.4, 0.5) is 0 Å². The number of allylic oxidation sites excluding steroid dienone is 12. The Hall–Kier alpha value is -3.24. The van der Waals surface area contributed by atoms with Crippen LogP contribution in [0.2, 0.25) is 0 Å². The molecule has 17 heteroatoms. The number of ketones is 1. The highest BCUT2D eigenvalue weighted by Crippen LogP contribution is 2.38. The molecular weight excluding hydrogens is 859 g/mol. The van der Waals surface area contributed by atoms with E-state index < -0.39 is 147 Å². The minimum atomic E-state index is -2.21. The van der Waals surface area contributed by atoms with Gasteiger partial charge in [-0.3, -0.25) is 9.59 Å². The zero-order valence-corrected chi connectivity index (χ0v) is 39.1. The van der Waals surface area contributed by atoms with Gasteiger partial charge in [0.1, 0.15) is 18.0 Å². The molecule has 66 heavy (non-hydrogen) atoms. The zero-order valence-electron chi connectivity index (χ0n) is 39.1. The summed E-state index contributed by atoms with van der Waals surface area (Å²) in [6, 6.07) is -0.807. The van der Waals surface area contributed by atoms with Gasteiger partial charge in [0.05, 0.1) is 85.5 Å². The summed E-state index contributed by atoms with van der Waals surface area (Å²) < 4.78 is 23.7. The number of fused-ring (bicyclic) bond motifs is 2. The summed E-state index contributed by atoms with van der Waals surface area (Å²) in [6.07, 6.45) is 6.08. The Morgan fingerprint density at radius 1 is 0.667 bits per heavy atom. The van der Waals surface area contributed by atoms with Crippen LogP contribution in [0.3, 0.4) is 0 Å². The Labute approximate surface area is 389 Å². The maximum atomic E-state index is 13.0. The second-order valence-electron chi connectivity index (χ2n) is 18.1. The van der Waals surface area contributed by atoms with Gasteiger partial charge in [-0.15, -0.1) is 0 Å². The lowest BCUT2D eigenvalue weighted by Crippen LogP contribution is -2.62. The van der Waals surface area contributed by atoms with Gasteiger partial charge in [0.25, 0.3) is 0 Å². The zero-order chi connectivity index (χ0) is 49.1. The van der Waals surface area contributed by atoms with Crippen LogP contribution in [0.15, 0.2) is 85.1 Å². The highest BCUT2D eigenvalue weighted by Gasteiger charge is 2.50. The number of hydrogen-bond acceptors (Lipinski definition) is 17. The lowest BCUT2D eigenvalue weighted by molar-refractivity contribution is -0.307. The van der Waals surface area contributed by atoms with Crippen molar-refractivity contribution in [2.45, 2.75) is 183 Å². The molecule has 4 unspecified atom stereocenters. The third kappa shape index (κ3) is 18.7. The molecule has 2 fully saturated rings. The molecule has 11 N–H and O–H groups in total. The molecule has 3 rings (SSSR count). The highest BCUT2D eigenvalue weighted by molar-refractivity contribution is 5.79. The van der Waals surface area contributed by atoms with Gasteiger partial charge in [-0.2, -0.15) is 0 Å². The number of rotatable bonds is 4. The number of likely N-dealkylation sites (N-methyl/N-ethyl adjacent to an activating group) is 1. The number of aliphatic hydroxyl groups excluding tert-OH is 9. The molecule has 374 valence electrons. The van der Waals surface area contributed by atoms with Crippen LogP contribution in [0.25, 0.3) is 0 Å². The predicted molar refractivity (Wildman–Crippen MR) is 245 cm³/mol. The number of carbonyl (C=O) groups excluding carboxylic acids is 2. The summed E-state index contributed by atoms with van der Waals surface area (Å²) >= 11 is 0. The second kappa shape index (κ2) is 28.3. The SMILES string of the molecule is CN[C@H]1[C@H](O)[C@@H](C)OC(O[C@H]2/C=C/C=C/C=C/C=C/C=C/C=C/C=C/[C@H](C)[C@@H](O)C(C)[C@H](C)OC(=O)C[C@H](O)C[C@H](O)CC[C@@H](O)[C@H](O)C[C@H](O)C[C@]3(O)C[C@H](O)C(C(C)=O)C(C2)O3)[C@H]1O. The first-order valence-electron chi connectivity index (χ1n) is 23.0. The third-order valence-electron chi connectivity index (χ3n) is 12.5. The van der Waals surface area contributed by atoms with Crippen molar-refractivity contribution in [3.63, 3.8) is 0 Å². The van der Waals surface area contributed by atoms with Crippen molar-refractivity contribution in [1.29, 1.82) is 0 Å². The molecule has 0 saturated carbocycles. The summed E-state index contributed by atoms with van der Waals surface area (Å²) in [5.74, 6) is -5.20. The van der Waals surface area contributed by atoms with Crippen LogP contribution in [0, 0.1) is 17.8 Å². The maximum absolute atomic E-state index is 13.0. The minimum Gasteiger partial charge on any atom is -0.462 e. The minimum absolute atomic E-state index is 0.0798. The van der Waals surface area contributed by atoms with E-state index in [4.69, 9.17) is 18.9 Å². The van der Waals surface area contributed by atoms with Crippen LogP contribution in [0.5, 0.6) is 0 Å². The molecule has 0 aromatic rings. The van der Waals surface area contributed by atoms with Crippen LogP contribution < -0.4 is 5.32 Å². The van der Waals surface area contributed by atoms with Crippen LogP contribution in [0.1, 0.15) is 86.0 Å². The van der Waals surface area contributed by atoms with Gasteiger partial charge in [-0.1, -0.05) is 98.9 Å². The van der Waals surface area contributed by atoms with E-state index in [0.29, 0.717) is 0 Å². The van der Waals surface area contributed by atoms with E-state index in [0.717, 1.165) is 0 Å². The molecule has 19 atom stereocenters. The molecule has 3 aliphatic rings. The van der Waals surface area contributed by atoms with Crippen molar-refractivity contribution in [3.05, 3.63) is 85.1 Å². The molecule has 0 radical (unpaired) electrons.